The quantitative estimate of drug-likeness (QED) is 0.118. The molecule has 285 valence electrons. The summed E-state index contributed by atoms with van der Waals surface area (Å²) in [6.07, 6.45) is 8.36. The van der Waals surface area contributed by atoms with E-state index in [9.17, 15) is 1.37 Å². The predicted molar refractivity (Wildman–Crippen MR) is 231 cm³/mol. The molecule has 3 nitrogen and oxygen atoms in total. The van der Waals surface area contributed by atoms with Gasteiger partial charge in [0.2, 0.25) is 0 Å². The normalized spacial score (nSPS) is 15.9. The van der Waals surface area contributed by atoms with Crippen LogP contribution < -0.4 is 4.40 Å². The summed E-state index contributed by atoms with van der Waals surface area (Å²) < 4.78 is 34.2. The molecule has 1 aliphatic rings. The van der Waals surface area contributed by atoms with Crippen LogP contribution in [0.3, 0.4) is 0 Å². The van der Waals surface area contributed by atoms with Gasteiger partial charge in [-0.1, -0.05) is 85.2 Å². The molecule has 1 fully saturated rings. The minimum Gasteiger partial charge on any atom is 0 e. The van der Waals surface area contributed by atoms with Crippen molar-refractivity contribution >= 4 is 39.6 Å². The van der Waals surface area contributed by atoms with Crippen molar-refractivity contribution < 1.29 is 28.6 Å². The number of fused-ring (bicyclic) bond motifs is 3. The van der Waals surface area contributed by atoms with Crippen molar-refractivity contribution in [1.29, 1.82) is 0 Å². The van der Waals surface area contributed by atoms with Gasteiger partial charge in [0.1, 0.15) is 5.58 Å². The molecular weight excluding hydrogens is 909 g/mol. The summed E-state index contributed by atoms with van der Waals surface area (Å²) >= 11 is -2.24. The monoisotopic (exact) mass is 968 g/mol. The molecule has 0 amide bonds. The van der Waals surface area contributed by atoms with Gasteiger partial charge >= 0.3 is 135 Å². The Morgan fingerprint density at radius 1 is 0.818 bits per heavy atom. The van der Waals surface area contributed by atoms with E-state index in [0.29, 0.717) is 5.92 Å². The fraction of sp³-hybridized carbons (Fsp3) is 0.320. The minimum atomic E-state index is -2.24. The first-order valence-electron chi connectivity index (χ1n) is 20.9. The summed E-state index contributed by atoms with van der Waals surface area (Å²) in [6, 6.07) is 41.1. The van der Waals surface area contributed by atoms with E-state index in [1.54, 1.807) is 0 Å². The summed E-state index contributed by atoms with van der Waals surface area (Å²) in [6.45, 7) is 7.95. The molecule has 0 N–H and O–H groups in total. The zero-order valence-corrected chi connectivity index (χ0v) is 37.7. The summed E-state index contributed by atoms with van der Waals surface area (Å²) in [5.41, 5.74) is 8.75. The maximum Gasteiger partial charge on any atom is 0 e. The molecule has 4 aromatic carbocycles. The van der Waals surface area contributed by atoms with E-state index in [2.05, 4.69) is 101 Å². The number of hydrogen-bond donors (Lipinski definition) is 0. The molecule has 8 rings (SSSR count). The van der Waals surface area contributed by atoms with Crippen LogP contribution in [0.5, 0.6) is 0 Å². The van der Waals surface area contributed by atoms with Crippen LogP contribution in [0.25, 0.3) is 55.6 Å². The Morgan fingerprint density at radius 3 is 2.29 bits per heavy atom. The number of furan rings is 1. The van der Waals surface area contributed by atoms with Crippen LogP contribution in [-0.4, -0.2) is 23.2 Å². The van der Waals surface area contributed by atoms with Gasteiger partial charge in [-0.15, -0.1) is 18.2 Å². The van der Waals surface area contributed by atoms with Crippen molar-refractivity contribution in [2.24, 2.45) is 11.3 Å². The molecule has 1 unspecified atom stereocenters. The Labute approximate surface area is 349 Å². The van der Waals surface area contributed by atoms with E-state index in [1.807, 2.05) is 81.7 Å². The minimum absolute atomic E-state index is 0. The van der Waals surface area contributed by atoms with Crippen LogP contribution in [0.2, 0.25) is 17.3 Å². The molecule has 1 aliphatic carbocycles. The molecule has 5 heteroatoms. The topological polar surface area (TPSA) is 38.9 Å². The van der Waals surface area contributed by atoms with Crippen LogP contribution in [-0.2, 0) is 26.5 Å². The van der Waals surface area contributed by atoms with Gasteiger partial charge in [0.15, 0.2) is 0 Å². The molecule has 1 radical (unpaired) electrons. The summed E-state index contributed by atoms with van der Waals surface area (Å²) in [5.74, 6) is 6.62. The number of pyridine rings is 2. The van der Waals surface area contributed by atoms with E-state index in [4.69, 9.17) is 7.16 Å². The second kappa shape index (κ2) is 17.5. The fourth-order valence-electron chi connectivity index (χ4n) is 7.59. The van der Waals surface area contributed by atoms with Gasteiger partial charge in [0.25, 0.3) is 0 Å². The predicted octanol–water partition coefficient (Wildman–Crippen LogP) is 13.5. The number of hydrogen-bond acceptors (Lipinski definition) is 3. The van der Waals surface area contributed by atoms with Gasteiger partial charge in [0.05, 0.1) is 5.58 Å². The number of nitrogens with zero attached hydrogens (tertiary/aromatic N) is 2. The molecule has 7 aromatic rings. The number of benzene rings is 4. The zero-order valence-electron chi connectivity index (χ0n) is 36.2. The van der Waals surface area contributed by atoms with E-state index in [-0.39, 0.29) is 20.1 Å². The molecule has 0 bridgehead atoms. The van der Waals surface area contributed by atoms with Crippen molar-refractivity contribution in [3.63, 3.8) is 0 Å². The van der Waals surface area contributed by atoms with Crippen LogP contribution in [0.1, 0.15) is 80.9 Å². The molecule has 0 saturated heterocycles. The van der Waals surface area contributed by atoms with Gasteiger partial charge < -0.3 is 9.40 Å². The Kier molecular flexibility index (Phi) is 11.7. The molecule has 3 heterocycles. The third-order valence-corrected chi connectivity index (χ3v) is 14.7. The maximum absolute atomic E-state index is 9.22. The number of aromatic nitrogens is 2. The molecular formula is C50H54GeIrN2O-2. The molecule has 0 aliphatic heterocycles. The number of rotatable bonds is 7. The van der Waals surface area contributed by atoms with Gasteiger partial charge in [-0.25, -0.2) is 0 Å². The second-order valence-electron chi connectivity index (χ2n) is 16.7. The molecule has 0 spiro atoms. The Bertz CT molecular complexity index is 2480. The van der Waals surface area contributed by atoms with Gasteiger partial charge in [-0.3, -0.25) is 0 Å². The van der Waals surface area contributed by atoms with Crippen molar-refractivity contribution in [2.45, 2.75) is 89.3 Å². The Hall–Kier alpha value is -3.83. The molecule has 3 aromatic heterocycles. The Balaban J connectivity index is 0.000000208. The second-order valence-corrected chi connectivity index (χ2v) is 27.3. The first-order chi connectivity index (χ1) is 27.1. The van der Waals surface area contributed by atoms with Crippen LogP contribution in [0, 0.1) is 23.5 Å². The van der Waals surface area contributed by atoms with Crippen molar-refractivity contribution in [3.05, 3.63) is 139 Å². The average Bonchev–Trinajstić information content (AvgIpc) is 3.59. The van der Waals surface area contributed by atoms with Crippen LogP contribution >= 0.6 is 0 Å². The van der Waals surface area contributed by atoms with E-state index in [1.165, 1.54) is 30.4 Å². The Morgan fingerprint density at radius 2 is 1.58 bits per heavy atom. The third kappa shape index (κ3) is 9.77. The molecule has 1 atom stereocenters. The standard InChI is InChI=1S/C31H28NO.C19H26GeN.Ir/c1-21(22-9-4-2-5-10-22)24-17-18-32-29(20-24)27-14-8-13-26-28-19-25(23-11-6-3-7-12-23)15-16-30(28)33-31(26)27;1-19(2,3)13-16-12-18(15-10-8-7-9-11-15)21-14-17(16)20(4,5)6;/h3,6-8,11-13,15-22H,2,4-5,9-10H2,1H3;7-10,12,14H,13H2,1-6H3;/q2*-1;/i21D;13D2;. The SMILES string of the molecule is [2H]C(C)(c1ccnc(-c2[c-]ccc3c2oc2ccc(-c4ccccc4)cc23)c1)C1CCCCC1.[2H]C([2H])(c1cc(-c2[c-]cccc2)nc[c]1[Ge]([CH3])([CH3])[CH3])C(C)(C)C.[Ir]. The van der Waals surface area contributed by atoms with Crippen LogP contribution in [0.15, 0.2) is 120 Å². The van der Waals surface area contributed by atoms with E-state index in [0.717, 1.165) is 72.8 Å². The first-order valence-corrected chi connectivity index (χ1v) is 26.8. The molecule has 1 saturated carbocycles. The summed E-state index contributed by atoms with van der Waals surface area (Å²) in [7, 11) is 0. The summed E-state index contributed by atoms with van der Waals surface area (Å²) in [5, 5.41) is 2.16. The van der Waals surface area contributed by atoms with Gasteiger partial charge in [-0.2, -0.15) is 0 Å². The first kappa shape index (κ1) is 36.8. The van der Waals surface area contributed by atoms with E-state index < -0.39 is 30.9 Å². The van der Waals surface area contributed by atoms with Gasteiger partial charge in [0, 0.05) is 33.1 Å². The van der Waals surface area contributed by atoms with Gasteiger partial charge in [-0.05, 0) is 59.7 Å². The molecule has 55 heavy (non-hydrogen) atoms. The average molecular weight is 967 g/mol. The van der Waals surface area contributed by atoms with Crippen molar-refractivity contribution in [3.8, 4) is 33.6 Å². The maximum atomic E-state index is 9.22. The largest absolute Gasteiger partial charge is 0 e. The van der Waals surface area contributed by atoms with Crippen LogP contribution in [0.4, 0.5) is 0 Å². The van der Waals surface area contributed by atoms with E-state index >= 15 is 0 Å². The van der Waals surface area contributed by atoms with Crippen molar-refractivity contribution in [1.82, 2.24) is 9.97 Å². The third-order valence-electron chi connectivity index (χ3n) is 10.4. The van der Waals surface area contributed by atoms with Crippen molar-refractivity contribution in [2.75, 3.05) is 0 Å². The smallest absolute Gasteiger partial charge is 0 e. The summed E-state index contributed by atoms with van der Waals surface area (Å²) in [4.78, 5) is 9.30. The fourth-order valence-corrected chi connectivity index (χ4v) is 10.5. The zero-order chi connectivity index (χ0) is 40.6.